The van der Waals surface area contributed by atoms with E-state index in [-0.39, 0.29) is 4.90 Å². The molecule has 0 fully saturated rings. The van der Waals surface area contributed by atoms with Gasteiger partial charge in [0.2, 0.25) is 10.0 Å². The highest BCUT2D eigenvalue weighted by Crippen LogP contribution is 2.32. The van der Waals surface area contributed by atoms with Crippen molar-refractivity contribution in [1.82, 2.24) is 8.87 Å². The number of aromatic nitrogens is 1. The average molecular weight is 376 g/mol. The summed E-state index contributed by atoms with van der Waals surface area (Å²) in [4.78, 5) is 0.279. The van der Waals surface area contributed by atoms with Crippen LogP contribution in [0.15, 0.2) is 89.8 Å². The lowest BCUT2D eigenvalue weighted by Crippen LogP contribution is -2.22. The zero-order valence-corrected chi connectivity index (χ0v) is 16.0. The number of hydrogen-bond acceptors (Lipinski definition) is 2. The van der Waals surface area contributed by atoms with E-state index in [2.05, 4.69) is 34.9 Å². The van der Waals surface area contributed by atoms with Gasteiger partial charge in [0.15, 0.2) is 0 Å². The second kappa shape index (κ2) is 6.68. The standard InChI is InChI=1S/C22H20N2O2S/c1-23(2)27(25,26)20-13-8-12-19(16-20)24-21-14-7-6-11-18(21)15-22(24)17-9-4-3-5-10-17/h3-16H,1-2H3. The highest BCUT2D eigenvalue weighted by Gasteiger charge is 2.19. The van der Waals surface area contributed by atoms with Gasteiger partial charge in [0, 0.05) is 25.2 Å². The lowest BCUT2D eigenvalue weighted by Gasteiger charge is -2.15. The maximum atomic E-state index is 12.6. The van der Waals surface area contributed by atoms with E-state index in [0.717, 1.165) is 27.8 Å². The molecule has 0 aliphatic heterocycles. The van der Waals surface area contributed by atoms with Crippen molar-refractivity contribution in [1.29, 1.82) is 0 Å². The van der Waals surface area contributed by atoms with Gasteiger partial charge in [0.25, 0.3) is 0 Å². The van der Waals surface area contributed by atoms with Crippen LogP contribution in [0.3, 0.4) is 0 Å². The molecular formula is C22H20N2O2S. The van der Waals surface area contributed by atoms with E-state index in [4.69, 9.17) is 0 Å². The number of fused-ring (bicyclic) bond motifs is 1. The molecular weight excluding hydrogens is 356 g/mol. The van der Waals surface area contributed by atoms with Gasteiger partial charge in [-0.15, -0.1) is 0 Å². The zero-order valence-electron chi connectivity index (χ0n) is 15.2. The summed E-state index contributed by atoms with van der Waals surface area (Å²) in [5.41, 5.74) is 3.96. The van der Waals surface area contributed by atoms with Crippen molar-refractivity contribution in [3.05, 3.63) is 84.9 Å². The van der Waals surface area contributed by atoms with Crippen LogP contribution >= 0.6 is 0 Å². The summed E-state index contributed by atoms with van der Waals surface area (Å²) in [7, 11) is -0.413. The predicted molar refractivity (Wildman–Crippen MR) is 110 cm³/mol. The molecule has 4 aromatic rings. The molecule has 1 heterocycles. The normalized spacial score (nSPS) is 12.0. The van der Waals surface area contributed by atoms with Crippen LogP contribution in [0.1, 0.15) is 0 Å². The quantitative estimate of drug-likeness (QED) is 0.524. The minimum Gasteiger partial charge on any atom is -0.309 e. The largest absolute Gasteiger partial charge is 0.309 e. The van der Waals surface area contributed by atoms with Crippen LogP contribution in [0.2, 0.25) is 0 Å². The van der Waals surface area contributed by atoms with Gasteiger partial charge in [-0.3, -0.25) is 0 Å². The zero-order chi connectivity index (χ0) is 19.0. The minimum atomic E-state index is -3.50. The van der Waals surface area contributed by atoms with E-state index in [1.165, 1.54) is 4.31 Å². The maximum Gasteiger partial charge on any atom is 0.242 e. The van der Waals surface area contributed by atoms with Crippen molar-refractivity contribution in [2.75, 3.05) is 14.1 Å². The number of para-hydroxylation sites is 1. The summed E-state index contributed by atoms with van der Waals surface area (Å²) in [6.45, 7) is 0. The van der Waals surface area contributed by atoms with Gasteiger partial charge in [-0.1, -0.05) is 54.6 Å². The van der Waals surface area contributed by atoms with E-state index < -0.39 is 10.0 Å². The number of benzene rings is 3. The molecule has 136 valence electrons. The van der Waals surface area contributed by atoms with Gasteiger partial charge in [-0.05, 0) is 35.9 Å². The Morgan fingerprint density at radius 3 is 2.22 bits per heavy atom. The summed E-state index contributed by atoms with van der Waals surface area (Å²) in [6, 6.07) is 27.5. The van der Waals surface area contributed by atoms with Crippen LogP contribution in [0.5, 0.6) is 0 Å². The first-order valence-electron chi connectivity index (χ1n) is 8.67. The summed E-state index contributed by atoms with van der Waals surface area (Å²) in [5, 5.41) is 1.11. The maximum absolute atomic E-state index is 12.6. The van der Waals surface area contributed by atoms with Gasteiger partial charge in [-0.25, -0.2) is 12.7 Å². The monoisotopic (exact) mass is 376 g/mol. The third-order valence-corrected chi connectivity index (χ3v) is 6.45. The highest BCUT2D eigenvalue weighted by atomic mass is 32.2. The topological polar surface area (TPSA) is 42.3 Å². The van der Waals surface area contributed by atoms with Crippen molar-refractivity contribution in [2.45, 2.75) is 4.90 Å². The molecule has 0 bridgehead atoms. The lowest BCUT2D eigenvalue weighted by atomic mass is 10.1. The van der Waals surface area contributed by atoms with Crippen molar-refractivity contribution < 1.29 is 8.42 Å². The van der Waals surface area contributed by atoms with E-state index in [1.807, 2.05) is 36.4 Å². The fourth-order valence-corrected chi connectivity index (χ4v) is 4.19. The second-order valence-electron chi connectivity index (χ2n) is 6.57. The molecule has 1 aromatic heterocycles. The van der Waals surface area contributed by atoms with Crippen LogP contribution in [-0.4, -0.2) is 31.4 Å². The van der Waals surface area contributed by atoms with Crippen molar-refractivity contribution >= 4 is 20.9 Å². The van der Waals surface area contributed by atoms with E-state index in [9.17, 15) is 8.42 Å². The van der Waals surface area contributed by atoms with Gasteiger partial charge >= 0.3 is 0 Å². The first kappa shape index (κ1) is 17.5. The van der Waals surface area contributed by atoms with E-state index in [0.29, 0.717) is 0 Å². The third-order valence-electron chi connectivity index (χ3n) is 4.63. The van der Waals surface area contributed by atoms with Gasteiger partial charge < -0.3 is 4.57 Å². The summed E-state index contributed by atoms with van der Waals surface area (Å²) in [6.07, 6.45) is 0. The summed E-state index contributed by atoms with van der Waals surface area (Å²) >= 11 is 0. The van der Waals surface area contributed by atoms with Gasteiger partial charge in [0.05, 0.1) is 16.1 Å². The molecule has 3 aromatic carbocycles. The first-order valence-corrected chi connectivity index (χ1v) is 10.1. The Kier molecular flexibility index (Phi) is 4.34. The summed E-state index contributed by atoms with van der Waals surface area (Å²) < 4.78 is 28.5. The Bertz CT molecular complexity index is 1210. The Morgan fingerprint density at radius 1 is 0.778 bits per heavy atom. The molecule has 0 aliphatic carbocycles. The Labute approximate surface area is 159 Å². The fraction of sp³-hybridized carbons (Fsp3) is 0.0909. The van der Waals surface area contributed by atoms with Gasteiger partial charge in [-0.2, -0.15) is 0 Å². The Balaban J connectivity index is 2.00. The molecule has 0 aliphatic rings. The highest BCUT2D eigenvalue weighted by molar-refractivity contribution is 7.89. The van der Waals surface area contributed by atoms with E-state index >= 15 is 0 Å². The molecule has 27 heavy (non-hydrogen) atoms. The Morgan fingerprint density at radius 2 is 1.48 bits per heavy atom. The molecule has 0 unspecified atom stereocenters. The summed E-state index contributed by atoms with van der Waals surface area (Å²) in [5.74, 6) is 0. The van der Waals surface area contributed by atoms with E-state index in [1.54, 1.807) is 32.3 Å². The minimum absolute atomic E-state index is 0.279. The van der Waals surface area contributed by atoms with Crippen molar-refractivity contribution in [3.63, 3.8) is 0 Å². The first-order chi connectivity index (χ1) is 13.0. The van der Waals surface area contributed by atoms with Crippen LogP contribution in [0.4, 0.5) is 0 Å². The molecule has 5 heteroatoms. The van der Waals surface area contributed by atoms with Gasteiger partial charge in [0.1, 0.15) is 0 Å². The lowest BCUT2D eigenvalue weighted by molar-refractivity contribution is 0.520. The predicted octanol–water partition coefficient (Wildman–Crippen LogP) is 4.55. The SMILES string of the molecule is CN(C)S(=O)(=O)c1cccc(-n2c(-c3ccccc3)cc3ccccc32)c1. The molecule has 0 radical (unpaired) electrons. The third kappa shape index (κ3) is 3.05. The average Bonchev–Trinajstić information content (AvgIpc) is 3.08. The number of nitrogens with zero attached hydrogens (tertiary/aromatic N) is 2. The molecule has 0 N–H and O–H groups in total. The molecule has 4 nitrogen and oxygen atoms in total. The molecule has 0 saturated carbocycles. The van der Waals surface area contributed by atoms with Crippen LogP contribution < -0.4 is 0 Å². The van der Waals surface area contributed by atoms with Crippen molar-refractivity contribution in [3.8, 4) is 16.9 Å². The molecule has 0 spiro atoms. The number of rotatable bonds is 4. The number of sulfonamides is 1. The van der Waals surface area contributed by atoms with Crippen LogP contribution in [0, 0.1) is 0 Å². The van der Waals surface area contributed by atoms with Crippen LogP contribution in [0.25, 0.3) is 27.8 Å². The second-order valence-corrected chi connectivity index (χ2v) is 8.73. The van der Waals surface area contributed by atoms with Crippen LogP contribution in [-0.2, 0) is 10.0 Å². The van der Waals surface area contributed by atoms with Crippen molar-refractivity contribution in [2.24, 2.45) is 0 Å². The molecule has 0 amide bonds. The fourth-order valence-electron chi connectivity index (χ4n) is 3.25. The molecule has 0 atom stereocenters. The smallest absolute Gasteiger partial charge is 0.242 e. The Hall–Kier alpha value is -2.89. The molecule has 4 rings (SSSR count). The number of hydrogen-bond donors (Lipinski definition) is 0. The molecule has 0 saturated heterocycles.